The van der Waals surface area contributed by atoms with Gasteiger partial charge in [-0.15, -0.1) is 0 Å². The Bertz CT molecular complexity index is 404. The number of amides is 2. The third kappa shape index (κ3) is 2.94. The van der Waals surface area contributed by atoms with Gasteiger partial charge in [-0.1, -0.05) is 0 Å². The van der Waals surface area contributed by atoms with Crippen LogP contribution in [0.1, 0.15) is 13.8 Å². The molecule has 1 aliphatic rings. The van der Waals surface area contributed by atoms with E-state index in [2.05, 4.69) is 5.32 Å². The summed E-state index contributed by atoms with van der Waals surface area (Å²) >= 11 is 0. The monoisotopic (exact) mass is 248 g/mol. The molecule has 0 bridgehead atoms. The fourth-order valence-corrected chi connectivity index (χ4v) is 2.07. The average molecular weight is 248 g/mol. The zero-order valence-corrected chi connectivity index (χ0v) is 10.4. The molecule has 2 unspecified atom stereocenters. The molecule has 92 valence electrons. The summed E-state index contributed by atoms with van der Waals surface area (Å²) in [5, 5.41) is 2.53. The van der Waals surface area contributed by atoms with Crippen LogP contribution in [-0.4, -0.2) is 55.8 Å². The Morgan fingerprint density at radius 3 is 2.38 bits per heavy atom. The van der Waals surface area contributed by atoms with Gasteiger partial charge in [0.05, 0.1) is 5.75 Å². The highest BCUT2D eigenvalue weighted by atomic mass is 32.2. The number of rotatable bonds is 3. The molecule has 2 atom stereocenters. The standard InChI is InChI=1S/C9H16N2O4S/c1-6-9(13)11(4-5-16(3,14)15)7(2)8(12)10-6/h6-7H,4-5H2,1-3H3,(H,10,12). The SMILES string of the molecule is CC1NC(=O)C(C)N(CCS(C)(=O)=O)C1=O. The molecule has 1 aliphatic heterocycles. The highest BCUT2D eigenvalue weighted by Crippen LogP contribution is 2.09. The predicted molar refractivity (Wildman–Crippen MR) is 58.5 cm³/mol. The molecule has 0 radical (unpaired) electrons. The first-order valence-corrected chi connectivity index (χ1v) is 7.07. The molecule has 0 aromatic rings. The number of hydrogen-bond acceptors (Lipinski definition) is 4. The fraction of sp³-hybridized carbons (Fsp3) is 0.778. The lowest BCUT2D eigenvalue weighted by atomic mass is 10.1. The van der Waals surface area contributed by atoms with E-state index in [-0.39, 0.29) is 24.1 Å². The number of sulfone groups is 1. The lowest BCUT2D eigenvalue weighted by Crippen LogP contribution is -2.62. The van der Waals surface area contributed by atoms with Crippen molar-refractivity contribution in [3.05, 3.63) is 0 Å². The van der Waals surface area contributed by atoms with Crippen LogP contribution < -0.4 is 5.32 Å². The van der Waals surface area contributed by atoms with Gasteiger partial charge in [-0.3, -0.25) is 9.59 Å². The van der Waals surface area contributed by atoms with Gasteiger partial charge in [0, 0.05) is 12.8 Å². The van der Waals surface area contributed by atoms with Crippen molar-refractivity contribution in [1.82, 2.24) is 10.2 Å². The lowest BCUT2D eigenvalue weighted by Gasteiger charge is -2.35. The van der Waals surface area contributed by atoms with Gasteiger partial charge in [0.2, 0.25) is 11.8 Å². The topological polar surface area (TPSA) is 83.6 Å². The Balaban J connectivity index is 2.75. The van der Waals surface area contributed by atoms with Gasteiger partial charge in [0.25, 0.3) is 0 Å². The van der Waals surface area contributed by atoms with Crippen molar-refractivity contribution in [2.24, 2.45) is 0 Å². The normalized spacial score (nSPS) is 26.8. The molecule has 1 rings (SSSR count). The molecule has 0 aromatic heterocycles. The molecular formula is C9H16N2O4S. The Labute approximate surface area is 94.9 Å². The fourth-order valence-electron chi connectivity index (χ4n) is 1.54. The van der Waals surface area contributed by atoms with Gasteiger partial charge in [0.1, 0.15) is 21.9 Å². The molecule has 0 aromatic carbocycles. The van der Waals surface area contributed by atoms with Crippen LogP contribution in [0.3, 0.4) is 0 Å². The highest BCUT2D eigenvalue weighted by Gasteiger charge is 2.35. The van der Waals surface area contributed by atoms with E-state index in [0.29, 0.717) is 0 Å². The molecule has 1 heterocycles. The second kappa shape index (κ2) is 4.40. The van der Waals surface area contributed by atoms with Gasteiger partial charge in [0.15, 0.2) is 0 Å². The van der Waals surface area contributed by atoms with Crippen molar-refractivity contribution in [2.75, 3.05) is 18.6 Å². The Morgan fingerprint density at radius 1 is 1.31 bits per heavy atom. The maximum absolute atomic E-state index is 11.7. The van der Waals surface area contributed by atoms with E-state index in [1.807, 2.05) is 0 Å². The summed E-state index contributed by atoms with van der Waals surface area (Å²) in [6.45, 7) is 3.23. The van der Waals surface area contributed by atoms with Gasteiger partial charge >= 0.3 is 0 Å². The zero-order valence-electron chi connectivity index (χ0n) is 9.56. The number of nitrogens with zero attached hydrogens (tertiary/aromatic N) is 1. The van der Waals surface area contributed by atoms with E-state index in [1.165, 1.54) is 4.90 Å². The van der Waals surface area contributed by atoms with Crippen molar-refractivity contribution >= 4 is 21.7 Å². The van der Waals surface area contributed by atoms with Gasteiger partial charge in [-0.25, -0.2) is 8.42 Å². The third-order valence-electron chi connectivity index (χ3n) is 2.56. The summed E-state index contributed by atoms with van der Waals surface area (Å²) < 4.78 is 22.0. The van der Waals surface area contributed by atoms with Gasteiger partial charge < -0.3 is 10.2 Å². The second-order valence-electron chi connectivity index (χ2n) is 4.07. The Morgan fingerprint density at radius 2 is 1.88 bits per heavy atom. The van der Waals surface area contributed by atoms with E-state index in [9.17, 15) is 18.0 Å². The Kier molecular flexibility index (Phi) is 3.57. The smallest absolute Gasteiger partial charge is 0.245 e. The van der Waals surface area contributed by atoms with Crippen LogP contribution in [0.5, 0.6) is 0 Å². The molecule has 1 fully saturated rings. The molecule has 0 aliphatic carbocycles. The lowest BCUT2D eigenvalue weighted by molar-refractivity contribution is -0.147. The van der Waals surface area contributed by atoms with Crippen LogP contribution >= 0.6 is 0 Å². The maximum Gasteiger partial charge on any atom is 0.245 e. The van der Waals surface area contributed by atoms with Crippen LogP contribution in [0.15, 0.2) is 0 Å². The quantitative estimate of drug-likeness (QED) is 0.677. The molecule has 16 heavy (non-hydrogen) atoms. The first-order chi connectivity index (χ1) is 7.22. The van der Waals surface area contributed by atoms with Gasteiger partial charge in [-0.2, -0.15) is 0 Å². The molecule has 1 saturated heterocycles. The van der Waals surface area contributed by atoms with Crippen molar-refractivity contribution < 1.29 is 18.0 Å². The minimum atomic E-state index is -3.13. The minimum Gasteiger partial charge on any atom is -0.343 e. The van der Waals surface area contributed by atoms with Crippen LogP contribution in [0.2, 0.25) is 0 Å². The van der Waals surface area contributed by atoms with Crippen molar-refractivity contribution in [3.8, 4) is 0 Å². The zero-order chi connectivity index (χ0) is 12.5. The first kappa shape index (κ1) is 13.0. The van der Waals surface area contributed by atoms with Crippen LogP contribution in [0, 0.1) is 0 Å². The molecule has 0 spiro atoms. The molecule has 7 heteroatoms. The molecule has 0 saturated carbocycles. The number of hydrogen-bond donors (Lipinski definition) is 1. The summed E-state index contributed by atoms with van der Waals surface area (Å²) in [6.07, 6.45) is 1.11. The molecule has 1 N–H and O–H groups in total. The summed E-state index contributed by atoms with van der Waals surface area (Å²) in [5.74, 6) is -0.611. The summed E-state index contributed by atoms with van der Waals surface area (Å²) in [4.78, 5) is 24.5. The predicted octanol–water partition coefficient (Wildman–Crippen LogP) is -1.23. The third-order valence-corrected chi connectivity index (χ3v) is 3.49. The summed E-state index contributed by atoms with van der Waals surface area (Å²) in [5.41, 5.74) is 0. The molecule has 6 nitrogen and oxygen atoms in total. The number of carbonyl (C=O) groups is 2. The van der Waals surface area contributed by atoms with Crippen molar-refractivity contribution in [1.29, 1.82) is 0 Å². The van der Waals surface area contributed by atoms with E-state index in [4.69, 9.17) is 0 Å². The van der Waals surface area contributed by atoms with Crippen LogP contribution in [0.25, 0.3) is 0 Å². The van der Waals surface area contributed by atoms with Crippen molar-refractivity contribution in [3.63, 3.8) is 0 Å². The number of carbonyl (C=O) groups excluding carboxylic acids is 2. The Hall–Kier alpha value is -1.11. The van der Waals surface area contributed by atoms with E-state index < -0.39 is 21.9 Å². The van der Waals surface area contributed by atoms with E-state index in [0.717, 1.165) is 6.26 Å². The van der Waals surface area contributed by atoms with E-state index in [1.54, 1.807) is 13.8 Å². The molecule has 2 amide bonds. The first-order valence-electron chi connectivity index (χ1n) is 5.01. The molecular weight excluding hydrogens is 232 g/mol. The highest BCUT2D eigenvalue weighted by molar-refractivity contribution is 7.90. The average Bonchev–Trinajstić information content (AvgIpc) is 2.13. The second-order valence-corrected chi connectivity index (χ2v) is 6.33. The van der Waals surface area contributed by atoms with Crippen LogP contribution in [-0.2, 0) is 19.4 Å². The summed E-state index contributed by atoms with van der Waals surface area (Å²) in [6, 6.07) is -1.19. The summed E-state index contributed by atoms with van der Waals surface area (Å²) in [7, 11) is -3.13. The van der Waals surface area contributed by atoms with E-state index >= 15 is 0 Å². The van der Waals surface area contributed by atoms with Gasteiger partial charge in [-0.05, 0) is 13.8 Å². The largest absolute Gasteiger partial charge is 0.343 e. The number of piperazine rings is 1. The van der Waals surface area contributed by atoms with Crippen molar-refractivity contribution in [2.45, 2.75) is 25.9 Å². The number of nitrogens with one attached hydrogen (secondary N) is 1. The van der Waals surface area contributed by atoms with Crippen LogP contribution in [0.4, 0.5) is 0 Å². The minimum absolute atomic E-state index is 0.0661. The maximum atomic E-state index is 11.7.